The van der Waals surface area contributed by atoms with Crippen LogP contribution in [0, 0.1) is 0 Å². The highest BCUT2D eigenvalue weighted by molar-refractivity contribution is 7.15. The molecule has 7 nitrogen and oxygen atoms in total. The second-order valence-corrected chi connectivity index (χ2v) is 7.01. The fourth-order valence-corrected chi connectivity index (χ4v) is 3.73. The molecule has 1 amide bonds. The molecule has 0 aromatic carbocycles. The first-order valence-corrected chi connectivity index (χ1v) is 9.19. The van der Waals surface area contributed by atoms with Gasteiger partial charge in [0.25, 0.3) is 5.56 Å². The number of nitrogens with zero attached hydrogens (tertiary/aromatic N) is 4. The largest absolute Gasteiger partial charge is 0.339 e. The number of carbonyl (C=O) groups excluding carboxylic acids is 1. The molecule has 2 aromatic heterocycles. The Morgan fingerprint density at radius 1 is 1.38 bits per heavy atom. The average molecular weight is 349 g/mol. The van der Waals surface area contributed by atoms with E-state index in [4.69, 9.17) is 5.73 Å². The molecular weight excluding hydrogens is 326 g/mol. The van der Waals surface area contributed by atoms with Gasteiger partial charge in [-0.05, 0) is 6.42 Å². The number of nitrogens with two attached hydrogens (primary N) is 1. The van der Waals surface area contributed by atoms with Crippen molar-refractivity contribution < 1.29 is 4.79 Å². The van der Waals surface area contributed by atoms with Gasteiger partial charge in [0.1, 0.15) is 0 Å². The van der Waals surface area contributed by atoms with E-state index in [9.17, 15) is 9.59 Å². The zero-order chi connectivity index (χ0) is 17.1. The maximum atomic E-state index is 12.2. The molecular formula is C16H23N5O2S. The minimum atomic E-state index is -0.385. The van der Waals surface area contributed by atoms with Gasteiger partial charge in [0.05, 0.1) is 11.7 Å². The molecule has 3 heterocycles. The quantitative estimate of drug-likeness (QED) is 0.851. The fourth-order valence-electron chi connectivity index (χ4n) is 2.99. The van der Waals surface area contributed by atoms with Gasteiger partial charge in [-0.15, -0.1) is 11.3 Å². The minimum absolute atomic E-state index is 0.0457. The Kier molecular flexibility index (Phi) is 5.27. The predicted octanol–water partition coefficient (Wildman–Crippen LogP) is 0.528. The number of amides is 1. The van der Waals surface area contributed by atoms with Gasteiger partial charge in [-0.2, -0.15) is 0 Å². The molecule has 0 spiro atoms. The van der Waals surface area contributed by atoms with Crippen LogP contribution < -0.4 is 11.3 Å². The number of hydrogen-bond donors (Lipinski definition) is 1. The third kappa shape index (κ3) is 3.66. The van der Waals surface area contributed by atoms with E-state index in [0.717, 1.165) is 36.6 Å². The Balaban J connectivity index is 1.58. The van der Waals surface area contributed by atoms with Crippen molar-refractivity contribution in [2.75, 3.05) is 26.2 Å². The number of rotatable bonds is 5. The first kappa shape index (κ1) is 17.1. The second-order valence-electron chi connectivity index (χ2n) is 6.14. The fraction of sp³-hybridized carbons (Fsp3) is 0.562. The molecule has 1 saturated heterocycles. The van der Waals surface area contributed by atoms with Crippen LogP contribution in [0.2, 0.25) is 0 Å². The van der Waals surface area contributed by atoms with Crippen molar-refractivity contribution in [1.29, 1.82) is 0 Å². The monoisotopic (exact) mass is 349 g/mol. The van der Waals surface area contributed by atoms with Gasteiger partial charge in [0.2, 0.25) is 5.91 Å². The van der Waals surface area contributed by atoms with Gasteiger partial charge in [0, 0.05) is 50.4 Å². The molecule has 2 aromatic rings. The summed E-state index contributed by atoms with van der Waals surface area (Å²) < 4.78 is 1.56. The normalized spacial score (nSPS) is 17.3. The van der Waals surface area contributed by atoms with Gasteiger partial charge < -0.3 is 10.6 Å². The highest BCUT2D eigenvalue weighted by Crippen LogP contribution is 2.11. The summed E-state index contributed by atoms with van der Waals surface area (Å²) in [5, 5.41) is 1.86. The van der Waals surface area contributed by atoms with Crippen LogP contribution in [0.3, 0.4) is 0 Å². The smallest absolute Gasteiger partial charge is 0.258 e. The molecule has 1 unspecified atom stereocenters. The molecule has 0 radical (unpaired) electrons. The van der Waals surface area contributed by atoms with Gasteiger partial charge in [0.15, 0.2) is 4.96 Å². The third-order valence-electron chi connectivity index (χ3n) is 4.34. The SMILES string of the molecule is CCCC(N)C(=O)N1CCN(Cc2cc(=O)n3ccsc3n2)CC1. The summed E-state index contributed by atoms with van der Waals surface area (Å²) in [4.78, 5) is 33.6. The minimum Gasteiger partial charge on any atom is -0.339 e. The summed E-state index contributed by atoms with van der Waals surface area (Å²) in [5.41, 5.74) is 6.66. The molecule has 2 N–H and O–H groups in total. The number of hydrogen-bond acceptors (Lipinski definition) is 6. The van der Waals surface area contributed by atoms with E-state index in [0.29, 0.717) is 19.6 Å². The van der Waals surface area contributed by atoms with Crippen molar-refractivity contribution in [3.05, 3.63) is 33.7 Å². The zero-order valence-corrected chi connectivity index (χ0v) is 14.7. The Bertz CT molecular complexity index is 763. The van der Waals surface area contributed by atoms with Crippen LogP contribution in [0.25, 0.3) is 4.96 Å². The Labute approximate surface area is 144 Å². The Morgan fingerprint density at radius 3 is 2.83 bits per heavy atom. The number of aromatic nitrogens is 2. The Hall–Kier alpha value is -1.77. The van der Waals surface area contributed by atoms with E-state index in [1.54, 1.807) is 16.7 Å². The van der Waals surface area contributed by atoms with Crippen LogP contribution in [0.4, 0.5) is 0 Å². The van der Waals surface area contributed by atoms with E-state index < -0.39 is 0 Å². The van der Waals surface area contributed by atoms with Crippen molar-refractivity contribution in [3.8, 4) is 0 Å². The molecule has 8 heteroatoms. The molecule has 1 fully saturated rings. The molecule has 3 rings (SSSR count). The average Bonchev–Trinajstić information content (AvgIpc) is 3.04. The summed E-state index contributed by atoms with van der Waals surface area (Å²) in [6, 6.07) is 1.21. The highest BCUT2D eigenvalue weighted by Gasteiger charge is 2.25. The van der Waals surface area contributed by atoms with Crippen LogP contribution in [-0.2, 0) is 11.3 Å². The van der Waals surface area contributed by atoms with Crippen LogP contribution in [0.5, 0.6) is 0 Å². The van der Waals surface area contributed by atoms with Crippen molar-refractivity contribution in [3.63, 3.8) is 0 Å². The first-order chi connectivity index (χ1) is 11.6. The molecule has 1 aliphatic rings. The summed E-state index contributed by atoms with van der Waals surface area (Å²) in [7, 11) is 0. The summed E-state index contributed by atoms with van der Waals surface area (Å²) in [5.74, 6) is 0.0490. The first-order valence-electron chi connectivity index (χ1n) is 8.31. The third-order valence-corrected chi connectivity index (χ3v) is 5.10. The number of carbonyl (C=O) groups is 1. The number of piperazine rings is 1. The summed E-state index contributed by atoms with van der Waals surface area (Å²) in [6.07, 6.45) is 3.38. The number of thiazole rings is 1. The maximum Gasteiger partial charge on any atom is 0.258 e. The lowest BCUT2D eigenvalue weighted by Gasteiger charge is -2.35. The van der Waals surface area contributed by atoms with Crippen molar-refractivity contribution in [2.24, 2.45) is 5.73 Å². The topological polar surface area (TPSA) is 83.9 Å². The molecule has 0 aliphatic carbocycles. The highest BCUT2D eigenvalue weighted by atomic mass is 32.1. The standard InChI is InChI=1S/C16H23N5O2S/c1-2-3-13(17)15(23)20-6-4-19(5-7-20)11-12-10-14(22)21-8-9-24-16(21)18-12/h8-10,13H,2-7,11,17H2,1H3. The second kappa shape index (κ2) is 7.42. The molecule has 1 atom stereocenters. The molecule has 24 heavy (non-hydrogen) atoms. The van der Waals surface area contributed by atoms with Crippen molar-refractivity contribution >= 4 is 22.2 Å². The molecule has 0 bridgehead atoms. The van der Waals surface area contributed by atoms with Crippen molar-refractivity contribution in [1.82, 2.24) is 19.2 Å². The van der Waals surface area contributed by atoms with Crippen molar-refractivity contribution in [2.45, 2.75) is 32.4 Å². The molecule has 0 saturated carbocycles. The van der Waals surface area contributed by atoms with E-state index in [1.165, 1.54) is 11.3 Å². The molecule has 130 valence electrons. The van der Waals surface area contributed by atoms with Gasteiger partial charge in [-0.1, -0.05) is 13.3 Å². The van der Waals surface area contributed by atoms with E-state index in [-0.39, 0.29) is 17.5 Å². The molecule has 1 aliphatic heterocycles. The maximum absolute atomic E-state index is 12.2. The van der Waals surface area contributed by atoms with Gasteiger partial charge in [-0.25, -0.2) is 4.98 Å². The number of fused-ring (bicyclic) bond motifs is 1. The van der Waals surface area contributed by atoms with E-state index in [2.05, 4.69) is 9.88 Å². The van der Waals surface area contributed by atoms with E-state index >= 15 is 0 Å². The van der Waals surface area contributed by atoms with Gasteiger partial charge in [-0.3, -0.25) is 18.9 Å². The summed E-state index contributed by atoms with van der Waals surface area (Å²) >= 11 is 1.46. The lowest BCUT2D eigenvalue weighted by Crippen LogP contribution is -2.52. The lowest BCUT2D eigenvalue weighted by molar-refractivity contribution is -0.134. The Morgan fingerprint density at radius 2 is 2.12 bits per heavy atom. The van der Waals surface area contributed by atoms with Crippen LogP contribution in [0.1, 0.15) is 25.5 Å². The van der Waals surface area contributed by atoms with E-state index in [1.807, 2.05) is 17.2 Å². The van der Waals surface area contributed by atoms with Crippen LogP contribution >= 0.6 is 11.3 Å². The van der Waals surface area contributed by atoms with Crippen LogP contribution in [-0.4, -0.2) is 57.3 Å². The zero-order valence-electron chi connectivity index (χ0n) is 13.9. The van der Waals surface area contributed by atoms with Gasteiger partial charge >= 0.3 is 0 Å². The summed E-state index contributed by atoms with van der Waals surface area (Å²) in [6.45, 7) is 5.57. The predicted molar refractivity (Wildman–Crippen MR) is 94.1 cm³/mol. The van der Waals surface area contributed by atoms with Crippen LogP contribution in [0.15, 0.2) is 22.4 Å². The lowest BCUT2D eigenvalue weighted by atomic mass is 10.1.